The van der Waals surface area contributed by atoms with Crippen LogP contribution >= 0.6 is 22.7 Å². The Morgan fingerprint density at radius 2 is 1.76 bits per heavy atom. The van der Waals surface area contributed by atoms with Gasteiger partial charge in [0, 0.05) is 18.7 Å². The average Bonchev–Trinajstić information content (AvgIpc) is 3.31. The summed E-state index contributed by atoms with van der Waals surface area (Å²) in [5.41, 5.74) is -3.65. The summed E-state index contributed by atoms with van der Waals surface area (Å²) in [6.45, 7) is 3.52. The molecule has 0 spiro atoms. The zero-order valence-electron chi connectivity index (χ0n) is 17.4. The second kappa shape index (κ2) is 9.69. The Kier molecular flexibility index (Phi) is 7.34. The fraction of sp³-hybridized carbons (Fsp3) is 0.300. The summed E-state index contributed by atoms with van der Waals surface area (Å²) >= 11 is 2.72. The molecule has 3 aromatic rings. The molecule has 1 aromatic carbocycles. The number of aromatic nitrogens is 2. The Morgan fingerprint density at radius 1 is 1.09 bits per heavy atom. The van der Waals surface area contributed by atoms with Gasteiger partial charge < -0.3 is 5.32 Å². The molecule has 2 aromatic heterocycles. The first-order valence-corrected chi connectivity index (χ1v) is 12.6. The van der Waals surface area contributed by atoms with Crippen molar-refractivity contribution in [3.05, 3.63) is 50.9 Å². The number of halogens is 3. The van der Waals surface area contributed by atoms with Gasteiger partial charge in [-0.3, -0.25) is 9.59 Å². The van der Waals surface area contributed by atoms with Crippen LogP contribution in [0.3, 0.4) is 0 Å². The largest absolute Gasteiger partial charge is 0.501 e. The number of alkyl halides is 3. The molecule has 1 N–H and O–H groups in total. The van der Waals surface area contributed by atoms with E-state index in [4.69, 9.17) is 0 Å². The normalized spacial score (nSPS) is 12.0. The van der Waals surface area contributed by atoms with Crippen LogP contribution < -0.4 is 5.32 Å². The van der Waals surface area contributed by atoms with Crippen molar-refractivity contribution < 1.29 is 31.2 Å². The average molecular weight is 518 g/mol. The van der Waals surface area contributed by atoms with E-state index in [2.05, 4.69) is 15.3 Å². The third kappa shape index (κ3) is 6.03. The number of hydrogen-bond acceptors (Lipinski definition) is 8. The molecular formula is C20H18F3N3O4S3. The van der Waals surface area contributed by atoms with E-state index in [9.17, 15) is 31.2 Å². The first-order valence-electron chi connectivity index (χ1n) is 9.44. The lowest BCUT2D eigenvalue weighted by Crippen LogP contribution is -2.23. The molecule has 0 aliphatic heterocycles. The van der Waals surface area contributed by atoms with E-state index in [1.165, 1.54) is 41.7 Å². The van der Waals surface area contributed by atoms with Crippen molar-refractivity contribution in [3.63, 3.8) is 0 Å². The zero-order chi connectivity index (χ0) is 24.4. The summed E-state index contributed by atoms with van der Waals surface area (Å²) in [6, 6.07) is 4.07. The summed E-state index contributed by atoms with van der Waals surface area (Å²) in [5.74, 6) is -0.401. The summed E-state index contributed by atoms with van der Waals surface area (Å²) in [6.07, 6.45) is -0.0548. The summed E-state index contributed by atoms with van der Waals surface area (Å²) in [7, 11) is -5.43. The number of aryl methyl sites for hydroxylation is 1. The molecule has 3 rings (SSSR count). The maximum Gasteiger partial charge on any atom is 0.501 e. The molecule has 1 amide bonds. The number of nitrogens with one attached hydrogen (secondary N) is 1. The van der Waals surface area contributed by atoms with Crippen molar-refractivity contribution in [1.29, 1.82) is 0 Å². The van der Waals surface area contributed by atoms with Crippen molar-refractivity contribution in [2.24, 2.45) is 0 Å². The fourth-order valence-electron chi connectivity index (χ4n) is 2.87. The van der Waals surface area contributed by atoms with Gasteiger partial charge in [-0.25, -0.2) is 18.4 Å². The molecular weight excluding hydrogens is 499 g/mol. The van der Waals surface area contributed by atoms with Crippen LogP contribution in [0.1, 0.15) is 28.2 Å². The molecule has 0 saturated carbocycles. The molecule has 0 saturated heterocycles. The number of benzene rings is 1. The summed E-state index contributed by atoms with van der Waals surface area (Å²) in [4.78, 5) is 32.5. The fourth-order valence-corrected chi connectivity index (χ4v) is 5.42. The Bertz CT molecular complexity index is 1280. The minimum absolute atomic E-state index is 0.0199. The minimum atomic E-state index is -5.43. The van der Waals surface area contributed by atoms with Crippen LogP contribution in [0.4, 0.5) is 13.2 Å². The molecule has 0 aliphatic carbocycles. The maximum atomic E-state index is 12.6. The number of rotatable bonds is 8. The SMILES string of the molecule is CC(=O)NCc1nc(C)sc1-c1csc(CC(=O)Cc2ccc(S(=O)(=O)C(F)(F)F)cc2)n1. The molecule has 13 heteroatoms. The Morgan fingerprint density at radius 3 is 2.36 bits per heavy atom. The van der Waals surface area contributed by atoms with Gasteiger partial charge in [-0.05, 0) is 24.6 Å². The van der Waals surface area contributed by atoms with Crippen LogP contribution in [-0.4, -0.2) is 35.6 Å². The summed E-state index contributed by atoms with van der Waals surface area (Å²) < 4.78 is 60.7. The number of hydrogen-bond donors (Lipinski definition) is 1. The van der Waals surface area contributed by atoms with E-state index >= 15 is 0 Å². The number of ketones is 1. The second-order valence-corrected chi connectivity index (χ2v) is 11.1. The minimum Gasteiger partial charge on any atom is -0.351 e. The third-order valence-corrected chi connectivity index (χ3v) is 7.77. The van der Waals surface area contributed by atoms with E-state index in [0.717, 1.165) is 22.0 Å². The van der Waals surface area contributed by atoms with Crippen molar-refractivity contribution in [3.8, 4) is 10.6 Å². The second-order valence-electron chi connectivity index (χ2n) is 7.03. The van der Waals surface area contributed by atoms with Crippen molar-refractivity contribution in [2.45, 2.75) is 43.6 Å². The molecule has 0 radical (unpaired) electrons. The molecule has 0 bridgehead atoms. The van der Waals surface area contributed by atoms with Gasteiger partial charge in [-0.1, -0.05) is 12.1 Å². The van der Waals surface area contributed by atoms with Gasteiger partial charge in [0.2, 0.25) is 5.91 Å². The molecule has 33 heavy (non-hydrogen) atoms. The van der Waals surface area contributed by atoms with Gasteiger partial charge in [-0.2, -0.15) is 13.2 Å². The van der Waals surface area contributed by atoms with E-state index in [1.54, 1.807) is 5.38 Å². The van der Waals surface area contributed by atoms with Crippen LogP contribution in [0, 0.1) is 6.92 Å². The lowest BCUT2D eigenvalue weighted by molar-refractivity contribution is -0.119. The predicted molar refractivity (Wildman–Crippen MR) is 118 cm³/mol. The van der Waals surface area contributed by atoms with Crippen LogP contribution in [0.5, 0.6) is 0 Å². The number of sulfone groups is 1. The zero-order valence-corrected chi connectivity index (χ0v) is 19.8. The molecule has 0 unspecified atom stereocenters. The monoisotopic (exact) mass is 517 g/mol. The van der Waals surface area contributed by atoms with E-state index < -0.39 is 20.2 Å². The predicted octanol–water partition coefficient (Wildman–Crippen LogP) is 3.86. The molecule has 0 fully saturated rings. The van der Waals surface area contributed by atoms with Crippen LogP contribution in [0.25, 0.3) is 10.6 Å². The number of carbonyl (C=O) groups excluding carboxylic acids is 2. The number of amides is 1. The number of thiazole rings is 2. The van der Waals surface area contributed by atoms with Gasteiger partial charge in [0.1, 0.15) is 10.8 Å². The Hall–Kier alpha value is -2.64. The van der Waals surface area contributed by atoms with E-state index in [0.29, 0.717) is 22.0 Å². The van der Waals surface area contributed by atoms with E-state index in [1.807, 2.05) is 6.92 Å². The van der Waals surface area contributed by atoms with Gasteiger partial charge >= 0.3 is 5.51 Å². The highest BCUT2D eigenvalue weighted by Crippen LogP contribution is 2.32. The highest BCUT2D eigenvalue weighted by atomic mass is 32.2. The quantitative estimate of drug-likeness (QED) is 0.487. The van der Waals surface area contributed by atoms with Crippen molar-refractivity contribution in [2.75, 3.05) is 0 Å². The van der Waals surface area contributed by atoms with Crippen molar-refractivity contribution >= 4 is 44.2 Å². The molecule has 7 nitrogen and oxygen atoms in total. The number of nitrogens with zero attached hydrogens (tertiary/aromatic N) is 2. The van der Waals surface area contributed by atoms with Crippen LogP contribution in [0.2, 0.25) is 0 Å². The number of Topliss-reactive ketones (excluding diaryl/α,β-unsaturated/α-hetero) is 1. The van der Waals surface area contributed by atoms with Crippen molar-refractivity contribution in [1.82, 2.24) is 15.3 Å². The van der Waals surface area contributed by atoms with Gasteiger partial charge in [0.25, 0.3) is 9.84 Å². The first-order chi connectivity index (χ1) is 15.4. The highest BCUT2D eigenvalue weighted by molar-refractivity contribution is 7.92. The molecule has 0 aliphatic rings. The topological polar surface area (TPSA) is 106 Å². The Labute approximate surface area is 195 Å². The van der Waals surface area contributed by atoms with Gasteiger partial charge in [0.05, 0.1) is 39.1 Å². The molecule has 176 valence electrons. The van der Waals surface area contributed by atoms with Crippen LogP contribution in [0.15, 0.2) is 34.5 Å². The molecule has 0 atom stereocenters. The first kappa shape index (κ1) is 25.0. The maximum absolute atomic E-state index is 12.6. The van der Waals surface area contributed by atoms with Crippen LogP contribution in [-0.2, 0) is 38.8 Å². The highest BCUT2D eigenvalue weighted by Gasteiger charge is 2.46. The van der Waals surface area contributed by atoms with Gasteiger partial charge in [-0.15, -0.1) is 22.7 Å². The lowest BCUT2D eigenvalue weighted by Gasteiger charge is -2.08. The number of carbonyl (C=O) groups is 2. The third-order valence-electron chi connectivity index (χ3n) is 4.38. The lowest BCUT2D eigenvalue weighted by atomic mass is 10.1. The van der Waals surface area contributed by atoms with E-state index in [-0.39, 0.29) is 31.1 Å². The standard InChI is InChI=1S/C20H18F3N3O4S3/c1-11(27)24-9-16-19(32-12(2)25-16)17-10-31-18(26-17)8-14(28)7-13-3-5-15(6-4-13)33(29,30)20(21,22)23/h3-6,10H,7-9H2,1-2H3,(H,24,27). The Balaban J connectivity index is 1.67. The summed E-state index contributed by atoms with van der Waals surface area (Å²) in [5, 5.41) is 5.87. The van der Waals surface area contributed by atoms with Gasteiger partial charge in [0.15, 0.2) is 0 Å². The molecule has 2 heterocycles. The smallest absolute Gasteiger partial charge is 0.351 e.